The lowest BCUT2D eigenvalue weighted by molar-refractivity contribution is -0.115. The Hall–Kier alpha value is -1.91. The first-order valence-corrected chi connectivity index (χ1v) is 6.20. The van der Waals surface area contributed by atoms with E-state index in [-0.39, 0.29) is 11.4 Å². The number of hydrogen-bond acceptors (Lipinski definition) is 4. The van der Waals surface area contributed by atoms with Crippen LogP contribution in [0.4, 0.5) is 11.4 Å². The van der Waals surface area contributed by atoms with E-state index in [9.17, 15) is 4.79 Å². The second-order valence-electron chi connectivity index (χ2n) is 5.53. The molecule has 19 heavy (non-hydrogen) atoms. The van der Waals surface area contributed by atoms with Crippen molar-refractivity contribution in [2.75, 3.05) is 31.0 Å². The van der Waals surface area contributed by atoms with Crippen LogP contribution in [0.1, 0.15) is 20.8 Å². The minimum atomic E-state index is -0.147. The molecule has 5 heteroatoms. The van der Waals surface area contributed by atoms with Crippen LogP contribution < -0.4 is 19.7 Å². The van der Waals surface area contributed by atoms with E-state index in [1.807, 2.05) is 6.07 Å². The molecule has 0 aromatic heterocycles. The molecule has 1 heterocycles. The highest BCUT2D eigenvalue weighted by molar-refractivity contribution is 6.02. The van der Waals surface area contributed by atoms with Crippen molar-refractivity contribution in [3.63, 3.8) is 0 Å². The number of ether oxygens (including phenoxy) is 2. The van der Waals surface area contributed by atoms with Gasteiger partial charge in [0.15, 0.2) is 11.5 Å². The van der Waals surface area contributed by atoms with Crippen LogP contribution in [-0.2, 0) is 4.79 Å². The fraction of sp³-hybridized carbons (Fsp3) is 0.500. The number of amides is 1. The summed E-state index contributed by atoms with van der Waals surface area (Å²) in [5.74, 6) is 1.25. The number of methoxy groups -OCH3 is 2. The molecule has 5 nitrogen and oxygen atoms in total. The van der Waals surface area contributed by atoms with E-state index >= 15 is 0 Å². The maximum Gasteiger partial charge on any atom is 0.243 e. The Labute approximate surface area is 113 Å². The summed E-state index contributed by atoms with van der Waals surface area (Å²) in [6.07, 6.45) is 0. The number of hydrogen-bond donors (Lipinski definition) is 1. The van der Waals surface area contributed by atoms with E-state index < -0.39 is 0 Å². The molecule has 0 bridgehead atoms. The first kappa shape index (κ1) is 13.5. The fourth-order valence-electron chi connectivity index (χ4n) is 2.21. The topological polar surface area (TPSA) is 50.8 Å². The Morgan fingerprint density at radius 2 is 1.74 bits per heavy atom. The van der Waals surface area contributed by atoms with E-state index in [0.29, 0.717) is 18.0 Å². The zero-order chi connectivity index (χ0) is 14.2. The minimum absolute atomic E-state index is 0.0188. The molecule has 2 rings (SSSR count). The van der Waals surface area contributed by atoms with Crippen molar-refractivity contribution in [1.82, 2.24) is 0 Å². The van der Waals surface area contributed by atoms with E-state index in [2.05, 4.69) is 31.0 Å². The predicted octanol–water partition coefficient (Wildman–Crippen LogP) is 2.26. The summed E-state index contributed by atoms with van der Waals surface area (Å²) < 4.78 is 10.6. The third-order valence-corrected chi connectivity index (χ3v) is 3.18. The third kappa shape index (κ3) is 2.45. The molecule has 104 valence electrons. The van der Waals surface area contributed by atoms with Gasteiger partial charge in [0.2, 0.25) is 5.91 Å². The highest BCUT2D eigenvalue weighted by Gasteiger charge is 2.31. The Bertz CT molecular complexity index is 506. The molecule has 1 aromatic rings. The van der Waals surface area contributed by atoms with Gasteiger partial charge < -0.3 is 19.7 Å². The van der Waals surface area contributed by atoms with Gasteiger partial charge in [0, 0.05) is 17.7 Å². The second kappa shape index (κ2) is 4.64. The molecule has 1 amide bonds. The summed E-state index contributed by atoms with van der Waals surface area (Å²) in [6, 6.07) is 3.70. The smallest absolute Gasteiger partial charge is 0.243 e. The summed E-state index contributed by atoms with van der Waals surface area (Å²) in [5, 5.41) is 2.87. The quantitative estimate of drug-likeness (QED) is 0.890. The van der Waals surface area contributed by atoms with Crippen molar-refractivity contribution in [1.29, 1.82) is 0 Å². The van der Waals surface area contributed by atoms with Crippen molar-refractivity contribution in [3.05, 3.63) is 12.1 Å². The average molecular weight is 264 g/mol. The van der Waals surface area contributed by atoms with Crippen LogP contribution >= 0.6 is 0 Å². The Balaban J connectivity index is 2.57. The van der Waals surface area contributed by atoms with Gasteiger partial charge in [0.25, 0.3) is 0 Å². The van der Waals surface area contributed by atoms with Gasteiger partial charge in [0.1, 0.15) is 0 Å². The molecule has 0 spiro atoms. The fourth-order valence-corrected chi connectivity index (χ4v) is 2.21. The Kier molecular flexibility index (Phi) is 3.30. The summed E-state index contributed by atoms with van der Waals surface area (Å²) in [4.78, 5) is 13.9. The number of nitrogens with zero attached hydrogens (tertiary/aromatic N) is 1. The van der Waals surface area contributed by atoms with Gasteiger partial charge >= 0.3 is 0 Å². The normalized spacial score (nSPS) is 14.8. The van der Waals surface area contributed by atoms with E-state index in [1.165, 1.54) is 0 Å². The van der Waals surface area contributed by atoms with Gasteiger partial charge in [-0.15, -0.1) is 0 Å². The lowest BCUT2D eigenvalue weighted by Gasteiger charge is -2.41. The summed E-state index contributed by atoms with van der Waals surface area (Å²) in [7, 11) is 3.18. The van der Waals surface area contributed by atoms with Crippen molar-refractivity contribution in [2.45, 2.75) is 26.3 Å². The second-order valence-corrected chi connectivity index (χ2v) is 5.53. The largest absolute Gasteiger partial charge is 0.493 e. The van der Waals surface area contributed by atoms with Gasteiger partial charge in [-0.1, -0.05) is 0 Å². The standard InChI is InChI=1S/C14H20N2O3/c1-14(2,3)16-8-13(17)15-9-6-11(18-4)12(19-5)7-10(9)16/h6-7H,8H2,1-5H3,(H,15,17). The molecule has 0 fully saturated rings. The van der Waals surface area contributed by atoms with E-state index in [1.54, 1.807) is 20.3 Å². The van der Waals surface area contributed by atoms with Crippen LogP contribution in [0, 0.1) is 0 Å². The molecule has 1 aromatic carbocycles. The summed E-state index contributed by atoms with van der Waals surface area (Å²) >= 11 is 0. The number of carbonyl (C=O) groups is 1. The molecular weight excluding hydrogens is 244 g/mol. The first-order chi connectivity index (χ1) is 8.86. The van der Waals surface area contributed by atoms with Gasteiger partial charge in [-0.3, -0.25) is 4.79 Å². The molecule has 0 saturated carbocycles. The van der Waals surface area contributed by atoms with Crippen molar-refractivity contribution < 1.29 is 14.3 Å². The summed E-state index contributed by atoms with van der Waals surface area (Å²) in [5.41, 5.74) is 1.56. The SMILES string of the molecule is COc1cc2c(cc1OC)N(C(C)(C)C)CC(=O)N2. The summed E-state index contributed by atoms with van der Waals surface area (Å²) in [6.45, 7) is 6.57. The van der Waals surface area contributed by atoms with Gasteiger partial charge in [-0.2, -0.15) is 0 Å². The molecule has 0 radical (unpaired) electrons. The zero-order valence-electron chi connectivity index (χ0n) is 12.0. The number of rotatable bonds is 2. The number of carbonyl (C=O) groups excluding carboxylic acids is 1. The van der Waals surface area contributed by atoms with E-state index in [0.717, 1.165) is 11.4 Å². The third-order valence-electron chi connectivity index (χ3n) is 3.18. The van der Waals surface area contributed by atoms with Crippen LogP contribution in [-0.4, -0.2) is 32.2 Å². The zero-order valence-corrected chi connectivity index (χ0v) is 12.0. The highest BCUT2D eigenvalue weighted by atomic mass is 16.5. The molecule has 1 N–H and O–H groups in total. The molecule has 1 aliphatic rings. The molecule has 0 unspecified atom stereocenters. The van der Waals surface area contributed by atoms with Gasteiger partial charge in [-0.05, 0) is 20.8 Å². The molecule has 1 aliphatic heterocycles. The highest BCUT2D eigenvalue weighted by Crippen LogP contribution is 2.42. The number of benzene rings is 1. The van der Waals surface area contributed by atoms with Crippen LogP contribution in [0.25, 0.3) is 0 Å². The van der Waals surface area contributed by atoms with Crippen LogP contribution in [0.15, 0.2) is 12.1 Å². The van der Waals surface area contributed by atoms with Crippen molar-refractivity contribution in [3.8, 4) is 11.5 Å². The maximum atomic E-state index is 11.8. The Morgan fingerprint density at radius 3 is 2.26 bits per heavy atom. The van der Waals surface area contributed by atoms with Crippen LogP contribution in [0.2, 0.25) is 0 Å². The van der Waals surface area contributed by atoms with Gasteiger partial charge in [0.05, 0.1) is 32.1 Å². The number of fused-ring (bicyclic) bond motifs is 1. The minimum Gasteiger partial charge on any atom is -0.493 e. The predicted molar refractivity (Wildman–Crippen MR) is 75.3 cm³/mol. The van der Waals surface area contributed by atoms with Crippen molar-refractivity contribution in [2.24, 2.45) is 0 Å². The first-order valence-electron chi connectivity index (χ1n) is 6.20. The lowest BCUT2D eigenvalue weighted by Crippen LogP contribution is -2.48. The Morgan fingerprint density at radius 1 is 1.16 bits per heavy atom. The monoisotopic (exact) mass is 264 g/mol. The molecule has 0 saturated heterocycles. The number of anilines is 2. The van der Waals surface area contributed by atoms with Crippen LogP contribution in [0.5, 0.6) is 11.5 Å². The average Bonchev–Trinajstić information content (AvgIpc) is 2.34. The maximum absolute atomic E-state index is 11.8. The number of nitrogens with one attached hydrogen (secondary N) is 1. The van der Waals surface area contributed by atoms with Crippen molar-refractivity contribution >= 4 is 17.3 Å². The molecular formula is C14H20N2O3. The molecule has 0 atom stereocenters. The van der Waals surface area contributed by atoms with Crippen LogP contribution in [0.3, 0.4) is 0 Å². The van der Waals surface area contributed by atoms with E-state index in [4.69, 9.17) is 9.47 Å². The molecule has 0 aliphatic carbocycles. The lowest BCUT2D eigenvalue weighted by atomic mass is 10.0. The van der Waals surface area contributed by atoms with Gasteiger partial charge in [-0.25, -0.2) is 0 Å².